The minimum Gasteiger partial charge on any atom is -0.263 e. The molecule has 0 amide bonds. The molecule has 2 rings (SSSR count). The molecule has 164 valence electrons. The number of hydrogen-bond donors (Lipinski definition) is 0. The first-order valence-corrected chi connectivity index (χ1v) is 11.7. The highest BCUT2D eigenvalue weighted by Gasteiger charge is 2.37. The molecule has 0 saturated carbocycles. The van der Waals surface area contributed by atoms with Crippen LogP contribution < -0.4 is 4.31 Å². The molecule has 2 aromatic carbocycles. The van der Waals surface area contributed by atoms with Gasteiger partial charge in [0.25, 0.3) is 0 Å². The molecule has 0 aromatic heterocycles. The second-order valence-corrected chi connectivity index (χ2v) is 10.3. The van der Waals surface area contributed by atoms with Gasteiger partial charge in [0.05, 0.1) is 28.1 Å². The number of nitrogens with zero attached hydrogens (tertiary/aromatic N) is 2. The number of hydrogen-bond acceptors (Lipinski definition) is 6. The number of alkyl halides is 3. The molecule has 0 unspecified atom stereocenters. The van der Waals surface area contributed by atoms with E-state index in [1.807, 2.05) is 0 Å². The Morgan fingerprint density at radius 2 is 1.53 bits per heavy atom. The highest BCUT2D eigenvalue weighted by Crippen LogP contribution is 2.41. The van der Waals surface area contributed by atoms with E-state index < -0.39 is 48.1 Å². The Morgan fingerprint density at radius 1 is 1.03 bits per heavy atom. The van der Waals surface area contributed by atoms with E-state index in [9.17, 15) is 40.1 Å². The number of para-hydroxylation sites is 1. The SMILES string of the molecule is Cc1cc(N(c2ccccc2C(F)(F)F)S(C)(=O)=O)cc(C)c1S(=O)(=O)C[N+](=O)[O-]. The second kappa shape index (κ2) is 7.87. The molecule has 8 nitrogen and oxygen atoms in total. The minimum absolute atomic E-state index is 0.0370. The quantitative estimate of drug-likeness (QED) is 0.476. The number of halogens is 3. The van der Waals surface area contributed by atoms with Gasteiger partial charge >= 0.3 is 12.1 Å². The van der Waals surface area contributed by atoms with Gasteiger partial charge in [-0.2, -0.15) is 13.2 Å². The normalized spacial score (nSPS) is 12.6. The Bertz CT molecular complexity index is 1190. The fraction of sp³-hybridized carbons (Fsp3) is 0.294. The summed E-state index contributed by atoms with van der Waals surface area (Å²) in [4.78, 5) is 9.27. The van der Waals surface area contributed by atoms with Crippen LogP contribution in [0, 0.1) is 24.0 Å². The molecule has 0 aliphatic rings. The molecule has 0 spiro atoms. The van der Waals surface area contributed by atoms with Crippen LogP contribution in [0.1, 0.15) is 16.7 Å². The summed E-state index contributed by atoms with van der Waals surface area (Å²) in [7, 11) is -8.62. The van der Waals surface area contributed by atoms with Crippen LogP contribution in [0.5, 0.6) is 0 Å². The summed E-state index contributed by atoms with van der Waals surface area (Å²) in [5, 5.41) is 10.7. The first-order chi connectivity index (χ1) is 13.6. The maximum absolute atomic E-state index is 13.4. The summed E-state index contributed by atoms with van der Waals surface area (Å²) < 4.78 is 90.2. The Balaban J connectivity index is 2.79. The topological polar surface area (TPSA) is 115 Å². The molecule has 0 aliphatic carbocycles. The van der Waals surface area contributed by atoms with Gasteiger partial charge in [0.15, 0.2) is 0 Å². The lowest BCUT2D eigenvalue weighted by atomic mass is 10.1. The summed E-state index contributed by atoms with van der Waals surface area (Å²) in [6.45, 7) is 2.55. The van der Waals surface area contributed by atoms with Crippen LogP contribution in [-0.2, 0) is 26.0 Å². The third kappa shape index (κ3) is 4.90. The standard InChI is InChI=1S/C17H17F3N2O6S2/c1-11-8-13(9-12(2)16(11)30(27,28)10-21(23)24)22(29(3,25)26)15-7-5-4-6-14(15)17(18,19)20/h4-9H,10H2,1-3H3. The monoisotopic (exact) mass is 466 g/mol. The van der Waals surface area contributed by atoms with Gasteiger partial charge in [-0.05, 0) is 49.2 Å². The maximum atomic E-state index is 13.4. The molecule has 0 N–H and O–H groups in total. The molecule has 0 atom stereocenters. The molecule has 0 heterocycles. The van der Waals surface area contributed by atoms with Crippen molar-refractivity contribution in [3.05, 3.63) is 63.2 Å². The van der Waals surface area contributed by atoms with Gasteiger partial charge in [-0.1, -0.05) is 12.1 Å². The Kier molecular flexibility index (Phi) is 6.19. The van der Waals surface area contributed by atoms with Crippen LogP contribution in [0.4, 0.5) is 24.5 Å². The summed E-state index contributed by atoms with van der Waals surface area (Å²) in [6.07, 6.45) is -4.14. The molecule has 0 fully saturated rings. The molecule has 0 saturated heterocycles. The summed E-state index contributed by atoms with van der Waals surface area (Å²) in [5.74, 6) is -1.37. The molecule has 13 heteroatoms. The number of aryl methyl sites for hydroxylation is 2. The van der Waals surface area contributed by atoms with Gasteiger partial charge in [-0.15, -0.1) is 0 Å². The average molecular weight is 466 g/mol. The van der Waals surface area contributed by atoms with E-state index in [0.29, 0.717) is 10.6 Å². The van der Waals surface area contributed by atoms with Gasteiger partial charge in [-0.25, -0.2) is 21.1 Å². The van der Waals surface area contributed by atoms with E-state index in [4.69, 9.17) is 0 Å². The number of rotatable bonds is 6. The first-order valence-electron chi connectivity index (χ1n) is 8.18. The van der Waals surface area contributed by atoms with Gasteiger partial charge in [0.1, 0.15) is 0 Å². The third-order valence-electron chi connectivity index (χ3n) is 4.03. The van der Waals surface area contributed by atoms with E-state index in [0.717, 1.165) is 30.3 Å². The van der Waals surface area contributed by atoms with Crippen molar-refractivity contribution < 1.29 is 34.9 Å². The van der Waals surface area contributed by atoms with Crippen LogP contribution in [0.3, 0.4) is 0 Å². The van der Waals surface area contributed by atoms with E-state index in [1.54, 1.807) is 0 Å². The van der Waals surface area contributed by atoms with Crippen molar-refractivity contribution >= 4 is 31.2 Å². The Morgan fingerprint density at radius 3 is 1.97 bits per heavy atom. The Labute approximate surface area is 171 Å². The van der Waals surface area contributed by atoms with Crippen LogP contribution >= 0.6 is 0 Å². The third-order valence-corrected chi connectivity index (χ3v) is 6.91. The van der Waals surface area contributed by atoms with Crippen molar-refractivity contribution in [1.29, 1.82) is 0 Å². The second-order valence-electron chi connectivity index (χ2n) is 6.53. The zero-order chi connectivity index (χ0) is 23.1. The summed E-state index contributed by atoms with van der Waals surface area (Å²) in [6, 6.07) is 6.17. The van der Waals surface area contributed by atoms with Crippen LogP contribution in [-0.4, -0.2) is 33.9 Å². The number of benzene rings is 2. The largest absolute Gasteiger partial charge is 0.418 e. The summed E-state index contributed by atoms with van der Waals surface area (Å²) in [5.41, 5.74) is -2.16. The zero-order valence-corrected chi connectivity index (χ0v) is 17.6. The number of sulfone groups is 1. The van der Waals surface area contributed by atoms with Crippen molar-refractivity contribution in [2.75, 3.05) is 16.4 Å². The fourth-order valence-electron chi connectivity index (χ4n) is 3.14. The molecular weight excluding hydrogens is 449 g/mol. The minimum atomic E-state index is -4.85. The molecular formula is C17H17F3N2O6S2. The van der Waals surface area contributed by atoms with Crippen molar-refractivity contribution in [2.24, 2.45) is 0 Å². The predicted molar refractivity (Wildman–Crippen MR) is 103 cm³/mol. The van der Waals surface area contributed by atoms with Crippen LogP contribution in [0.25, 0.3) is 0 Å². The number of nitro groups is 1. The lowest BCUT2D eigenvalue weighted by Gasteiger charge is -2.27. The average Bonchev–Trinajstić information content (AvgIpc) is 2.50. The smallest absolute Gasteiger partial charge is 0.263 e. The van der Waals surface area contributed by atoms with E-state index >= 15 is 0 Å². The molecule has 0 aliphatic heterocycles. The van der Waals surface area contributed by atoms with Crippen molar-refractivity contribution in [1.82, 2.24) is 0 Å². The van der Waals surface area contributed by atoms with Gasteiger partial charge in [0, 0.05) is 4.92 Å². The number of sulfonamides is 1. The lowest BCUT2D eigenvalue weighted by Crippen LogP contribution is -2.27. The molecule has 30 heavy (non-hydrogen) atoms. The highest BCUT2D eigenvalue weighted by atomic mass is 32.2. The number of anilines is 2. The highest BCUT2D eigenvalue weighted by molar-refractivity contribution is 7.92. The maximum Gasteiger partial charge on any atom is 0.418 e. The van der Waals surface area contributed by atoms with E-state index in [1.165, 1.54) is 19.9 Å². The molecule has 0 bridgehead atoms. The zero-order valence-electron chi connectivity index (χ0n) is 16.0. The molecule has 2 aromatic rings. The van der Waals surface area contributed by atoms with Crippen LogP contribution in [0.15, 0.2) is 41.3 Å². The Hall–Kier alpha value is -2.67. The lowest BCUT2D eigenvalue weighted by molar-refractivity contribution is -0.458. The van der Waals surface area contributed by atoms with Crippen molar-refractivity contribution in [2.45, 2.75) is 24.9 Å². The summed E-state index contributed by atoms with van der Waals surface area (Å²) >= 11 is 0. The first kappa shape index (κ1) is 23.6. The van der Waals surface area contributed by atoms with Crippen molar-refractivity contribution in [3.63, 3.8) is 0 Å². The van der Waals surface area contributed by atoms with Crippen molar-refractivity contribution in [3.8, 4) is 0 Å². The van der Waals surface area contributed by atoms with E-state index in [2.05, 4.69) is 0 Å². The van der Waals surface area contributed by atoms with Gasteiger partial charge in [-0.3, -0.25) is 10.1 Å². The van der Waals surface area contributed by atoms with Gasteiger partial charge in [0.2, 0.25) is 19.9 Å². The van der Waals surface area contributed by atoms with Crippen LogP contribution in [0.2, 0.25) is 0 Å². The fourth-order valence-corrected chi connectivity index (χ4v) is 5.65. The van der Waals surface area contributed by atoms with E-state index in [-0.39, 0.29) is 21.7 Å². The predicted octanol–water partition coefficient (Wildman–Crippen LogP) is 3.43. The molecule has 0 radical (unpaired) electrons. The van der Waals surface area contributed by atoms with Gasteiger partial charge < -0.3 is 0 Å².